The first kappa shape index (κ1) is 16.0. The van der Waals surface area contributed by atoms with Crippen molar-refractivity contribution in [3.8, 4) is 0 Å². The Morgan fingerprint density at radius 2 is 2.05 bits per heavy atom. The minimum Gasteiger partial charge on any atom is -0.385 e. The van der Waals surface area contributed by atoms with Gasteiger partial charge in [-0.15, -0.1) is 0 Å². The van der Waals surface area contributed by atoms with Gasteiger partial charge in [-0.1, -0.05) is 29.8 Å². The van der Waals surface area contributed by atoms with E-state index in [1.54, 1.807) is 7.11 Å². The third-order valence-corrected chi connectivity index (χ3v) is 4.28. The van der Waals surface area contributed by atoms with Crippen LogP contribution in [0.25, 0.3) is 0 Å². The molecule has 116 valence electrons. The quantitative estimate of drug-likeness (QED) is 0.720. The van der Waals surface area contributed by atoms with Crippen LogP contribution in [0.4, 0.5) is 0 Å². The van der Waals surface area contributed by atoms with Gasteiger partial charge in [0, 0.05) is 32.7 Å². The minimum atomic E-state index is 0.320. The fourth-order valence-corrected chi connectivity index (χ4v) is 3.04. The monoisotopic (exact) mass is 289 g/mol. The van der Waals surface area contributed by atoms with Crippen LogP contribution in [0, 0.1) is 6.92 Å². The number of ether oxygens (including phenoxy) is 1. The number of nitrogens with zero attached hydrogens (tertiary/aromatic N) is 1. The molecule has 0 saturated carbocycles. The molecule has 3 heteroatoms. The molecule has 1 atom stereocenters. The van der Waals surface area contributed by atoms with Gasteiger partial charge in [0.15, 0.2) is 0 Å². The first-order chi connectivity index (χ1) is 10.2. The van der Waals surface area contributed by atoms with E-state index in [1.807, 2.05) is 0 Å². The molecule has 1 heterocycles. The number of benzene rings is 1. The second-order valence-electron chi connectivity index (χ2n) is 6.02. The molecule has 0 spiro atoms. The maximum Gasteiger partial charge on any atom is 0.222 e. The number of carbonyl (C=O) groups excluding carboxylic acids is 1. The fourth-order valence-electron chi connectivity index (χ4n) is 3.04. The van der Waals surface area contributed by atoms with E-state index >= 15 is 0 Å². The SMILES string of the molecule is COCCCCC(=O)N1CCC[C@H]1Cc1ccc(C)cc1. The minimum absolute atomic E-state index is 0.320. The van der Waals surface area contributed by atoms with Crippen LogP contribution in [0.5, 0.6) is 0 Å². The number of amides is 1. The number of aryl methyl sites for hydroxylation is 1. The van der Waals surface area contributed by atoms with Crippen molar-refractivity contribution in [3.63, 3.8) is 0 Å². The lowest BCUT2D eigenvalue weighted by Crippen LogP contribution is -2.36. The van der Waals surface area contributed by atoms with Crippen molar-refractivity contribution in [3.05, 3.63) is 35.4 Å². The number of unbranched alkanes of at least 4 members (excludes halogenated alkanes) is 1. The molecule has 1 aliphatic rings. The third kappa shape index (κ3) is 4.85. The highest BCUT2D eigenvalue weighted by Crippen LogP contribution is 2.22. The average molecular weight is 289 g/mol. The van der Waals surface area contributed by atoms with Gasteiger partial charge in [-0.05, 0) is 44.6 Å². The first-order valence-corrected chi connectivity index (χ1v) is 8.04. The lowest BCUT2D eigenvalue weighted by molar-refractivity contribution is -0.132. The van der Waals surface area contributed by atoms with Gasteiger partial charge in [-0.2, -0.15) is 0 Å². The molecule has 1 fully saturated rings. The summed E-state index contributed by atoms with van der Waals surface area (Å²) in [4.78, 5) is 14.5. The van der Waals surface area contributed by atoms with E-state index in [9.17, 15) is 4.79 Å². The highest BCUT2D eigenvalue weighted by Gasteiger charge is 2.28. The standard InChI is InChI=1S/C18H27NO2/c1-15-8-10-16(11-9-15)14-17-6-5-12-19(17)18(20)7-3-4-13-21-2/h8-11,17H,3-7,12-14H2,1-2H3/t17-/m0/s1. The van der Waals surface area contributed by atoms with Crippen LogP contribution in [-0.2, 0) is 16.0 Å². The molecule has 1 amide bonds. The summed E-state index contributed by atoms with van der Waals surface area (Å²) < 4.78 is 5.03. The molecule has 0 aliphatic carbocycles. The molecule has 21 heavy (non-hydrogen) atoms. The van der Waals surface area contributed by atoms with Gasteiger partial charge in [-0.3, -0.25) is 4.79 Å². The Labute approximate surface area is 128 Å². The van der Waals surface area contributed by atoms with Crippen LogP contribution < -0.4 is 0 Å². The number of hydrogen-bond acceptors (Lipinski definition) is 2. The van der Waals surface area contributed by atoms with Gasteiger partial charge >= 0.3 is 0 Å². The molecule has 0 bridgehead atoms. The van der Waals surface area contributed by atoms with Crippen molar-refractivity contribution in [1.29, 1.82) is 0 Å². The predicted molar refractivity (Wildman–Crippen MR) is 85.3 cm³/mol. The van der Waals surface area contributed by atoms with Crippen molar-refractivity contribution in [1.82, 2.24) is 4.90 Å². The zero-order valence-corrected chi connectivity index (χ0v) is 13.3. The summed E-state index contributed by atoms with van der Waals surface area (Å²) in [5.74, 6) is 0.320. The molecule has 0 unspecified atom stereocenters. The molecule has 1 aromatic rings. The summed E-state index contributed by atoms with van der Waals surface area (Å²) in [5, 5.41) is 0. The van der Waals surface area contributed by atoms with Crippen molar-refractivity contribution in [2.45, 2.75) is 51.5 Å². The molecule has 3 nitrogen and oxygen atoms in total. The Morgan fingerprint density at radius 3 is 2.76 bits per heavy atom. The predicted octanol–water partition coefficient (Wildman–Crippen LogP) is 3.35. The maximum absolute atomic E-state index is 12.3. The Balaban J connectivity index is 1.84. The van der Waals surface area contributed by atoms with E-state index in [2.05, 4.69) is 36.1 Å². The normalized spacial score (nSPS) is 18.2. The number of carbonyl (C=O) groups is 1. The summed E-state index contributed by atoms with van der Waals surface area (Å²) in [6.07, 6.45) is 5.83. The zero-order valence-electron chi connectivity index (χ0n) is 13.3. The lowest BCUT2D eigenvalue weighted by Gasteiger charge is -2.25. The lowest BCUT2D eigenvalue weighted by atomic mass is 10.0. The molecule has 1 aliphatic heterocycles. The topological polar surface area (TPSA) is 29.5 Å². The van der Waals surface area contributed by atoms with Gasteiger partial charge in [0.05, 0.1) is 0 Å². The molecule has 2 rings (SSSR count). The van der Waals surface area contributed by atoms with Crippen molar-refractivity contribution >= 4 is 5.91 Å². The van der Waals surface area contributed by atoms with Crippen LogP contribution in [0.2, 0.25) is 0 Å². The van der Waals surface area contributed by atoms with E-state index in [0.717, 1.165) is 45.3 Å². The van der Waals surface area contributed by atoms with E-state index in [1.165, 1.54) is 11.1 Å². The zero-order chi connectivity index (χ0) is 15.1. The van der Waals surface area contributed by atoms with Crippen LogP contribution in [0.3, 0.4) is 0 Å². The summed E-state index contributed by atoms with van der Waals surface area (Å²) in [6.45, 7) is 3.79. The Hall–Kier alpha value is -1.35. The molecule has 1 aromatic carbocycles. The van der Waals surface area contributed by atoms with Crippen LogP contribution in [0.15, 0.2) is 24.3 Å². The van der Waals surface area contributed by atoms with Crippen molar-refractivity contribution in [2.24, 2.45) is 0 Å². The summed E-state index contributed by atoms with van der Waals surface area (Å²) in [6, 6.07) is 9.08. The van der Waals surface area contributed by atoms with Crippen LogP contribution in [0.1, 0.15) is 43.2 Å². The van der Waals surface area contributed by atoms with E-state index in [4.69, 9.17) is 4.74 Å². The highest BCUT2D eigenvalue weighted by molar-refractivity contribution is 5.76. The van der Waals surface area contributed by atoms with Gasteiger partial charge in [0.2, 0.25) is 5.91 Å². The van der Waals surface area contributed by atoms with E-state index < -0.39 is 0 Å². The van der Waals surface area contributed by atoms with Gasteiger partial charge < -0.3 is 9.64 Å². The van der Waals surface area contributed by atoms with Gasteiger partial charge in [-0.25, -0.2) is 0 Å². The highest BCUT2D eigenvalue weighted by atomic mass is 16.5. The number of hydrogen-bond donors (Lipinski definition) is 0. The average Bonchev–Trinajstić information content (AvgIpc) is 2.94. The molecule has 0 radical (unpaired) electrons. The molecule has 0 N–H and O–H groups in total. The second-order valence-corrected chi connectivity index (χ2v) is 6.02. The smallest absolute Gasteiger partial charge is 0.222 e. The van der Waals surface area contributed by atoms with E-state index in [0.29, 0.717) is 18.4 Å². The van der Waals surface area contributed by atoms with Crippen LogP contribution >= 0.6 is 0 Å². The number of methoxy groups -OCH3 is 1. The molecule has 1 saturated heterocycles. The Bertz CT molecular complexity index is 441. The largest absolute Gasteiger partial charge is 0.385 e. The molecular weight excluding hydrogens is 262 g/mol. The fraction of sp³-hybridized carbons (Fsp3) is 0.611. The summed E-state index contributed by atoms with van der Waals surface area (Å²) >= 11 is 0. The van der Waals surface area contributed by atoms with Crippen molar-refractivity contribution in [2.75, 3.05) is 20.3 Å². The van der Waals surface area contributed by atoms with Gasteiger partial charge in [0.1, 0.15) is 0 Å². The number of rotatable bonds is 7. The Kier molecular flexibility index (Phi) is 6.24. The summed E-state index contributed by atoms with van der Waals surface area (Å²) in [5.41, 5.74) is 2.63. The second kappa shape index (κ2) is 8.18. The summed E-state index contributed by atoms with van der Waals surface area (Å²) in [7, 11) is 1.71. The third-order valence-electron chi connectivity index (χ3n) is 4.28. The van der Waals surface area contributed by atoms with Crippen molar-refractivity contribution < 1.29 is 9.53 Å². The number of likely N-dealkylation sites (tertiary alicyclic amines) is 1. The van der Waals surface area contributed by atoms with E-state index in [-0.39, 0.29) is 0 Å². The molecule has 0 aromatic heterocycles. The first-order valence-electron chi connectivity index (χ1n) is 8.04. The van der Waals surface area contributed by atoms with Crippen LogP contribution in [-0.4, -0.2) is 37.1 Å². The maximum atomic E-state index is 12.3. The van der Waals surface area contributed by atoms with Gasteiger partial charge in [0.25, 0.3) is 0 Å². The molecular formula is C18H27NO2. The Morgan fingerprint density at radius 1 is 1.29 bits per heavy atom.